The molecule has 0 radical (unpaired) electrons. The lowest BCUT2D eigenvalue weighted by atomic mass is 10.1. The third-order valence-electron chi connectivity index (χ3n) is 4.09. The average Bonchev–Trinajstić information content (AvgIpc) is 3.11. The molecule has 6 heteroatoms. The predicted octanol–water partition coefficient (Wildman–Crippen LogP) is 1.90. The number of nitrogens with one attached hydrogen (secondary N) is 2. The van der Waals surface area contributed by atoms with Crippen LogP contribution >= 0.6 is 27.3 Å². The van der Waals surface area contributed by atoms with Crippen LogP contribution in [0.5, 0.6) is 0 Å². The van der Waals surface area contributed by atoms with Crippen LogP contribution in [0.4, 0.5) is 0 Å². The molecule has 1 amide bonds. The van der Waals surface area contributed by atoms with E-state index in [-0.39, 0.29) is 5.91 Å². The molecule has 3 rings (SSSR count). The molecular formula is C17H20BrN2O2S+. The molecule has 1 atom stereocenters. The van der Waals surface area contributed by atoms with Crippen LogP contribution in [0.3, 0.4) is 0 Å². The van der Waals surface area contributed by atoms with E-state index in [9.17, 15) is 4.79 Å². The van der Waals surface area contributed by atoms with Crippen LogP contribution in [0.1, 0.15) is 21.3 Å². The zero-order valence-electron chi connectivity index (χ0n) is 12.8. The number of halogens is 1. The van der Waals surface area contributed by atoms with Crippen LogP contribution in [0.15, 0.2) is 46.3 Å². The van der Waals surface area contributed by atoms with Crippen molar-refractivity contribution in [1.29, 1.82) is 0 Å². The second kappa shape index (κ2) is 8.06. The van der Waals surface area contributed by atoms with Crippen molar-refractivity contribution >= 4 is 33.2 Å². The van der Waals surface area contributed by atoms with Crippen molar-refractivity contribution in [1.82, 2.24) is 5.32 Å². The minimum Gasteiger partial charge on any atom is -0.370 e. The van der Waals surface area contributed by atoms with E-state index < -0.39 is 0 Å². The van der Waals surface area contributed by atoms with Gasteiger partial charge in [-0.15, -0.1) is 11.3 Å². The number of ether oxygens (including phenoxy) is 1. The molecule has 1 fully saturated rings. The largest absolute Gasteiger partial charge is 0.370 e. The third kappa shape index (κ3) is 4.41. The van der Waals surface area contributed by atoms with E-state index in [0.717, 1.165) is 30.8 Å². The molecule has 1 aliphatic heterocycles. The first-order chi connectivity index (χ1) is 11.2. The van der Waals surface area contributed by atoms with E-state index in [2.05, 4.69) is 38.8 Å². The summed E-state index contributed by atoms with van der Waals surface area (Å²) in [7, 11) is 0. The summed E-state index contributed by atoms with van der Waals surface area (Å²) >= 11 is 5.14. The summed E-state index contributed by atoms with van der Waals surface area (Å²) in [5.74, 6) is -0.0216. The molecule has 0 unspecified atom stereocenters. The number of benzene rings is 1. The summed E-state index contributed by atoms with van der Waals surface area (Å²) in [6.07, 6.45) is 0. The normalized spacial score (nSPS) is 16.9. The molecule has 0 bridgehead atoms. The zero-order chi connectivity index (χ0) is 16.1. The number of carbonyl (C=O) groups is 1. The first-order valence-corrected chi connectivity index (χ1v) is 9.41. The van der Waals surface area contributed by atoms with Gasteiger partial charge < -0.3 is 15.0 Å². The Balaban J connectivity index is 1.66. The topological polar surface area (TPSA) is 42.8 Å². The molecule has 2 N–H and O–H groups in total. The third-order valence-corrected chi connectivity index (χ3v) is 5.60. The Bertz CT molecular complexity index is 625. The van der Waals surface area contributed by atoms with Crippen LogP contribution in [-0.2, 0) is 4.74 Å². The van der Waals surface area contributed by atoms with Gasteiger partial charge in [-0.3, -0.25) is 4.79 Å². The van der Waals surface area contributed by atoms with Gasteiger partial charge in [-0.2, -0.15) is 0 Å². The number of carbonyl (C=O) groups excluding carboxylic acids is 1. The van der Waals surface area contributed by atoms with E-state index in [0.29, 0.717) is 18.2 Å². The van der Waals surface area contributed by atoms with Gasteiger partial charge in [0.1, 0.15) is 19.1 Å². The summed E-state index contributed by atoms with van der Waals surface area (Å²) in [6.45, 7) is 4.19. The Kier molecular flexibility index (Phi) is 5.83. The number of amides is 1. The molecule has 1 saturated heterocycles. The van der Waals surface area contributed by atoms with Gasteiger partial charge in [0.2, 0.25) is 0 Å². The van der Waals surface area contributed by atoms with Crippen molar-refractivity contribution < 1.29 is 14.4 Å². The summed E-state index contributed by atoms with van der Waals surface area (Å²) in [5.41, 5.74) is 0.690. The van der Waals surface area contributed by atoms with Crippen molar-refractivity contribution in [2.75, 3.05) is 32.8 Å². The van der Waals surface area contributed by atoms with Gasteiger partial charge in [-0.1, -0.05) is 22.0 Å². The molecule has 0 aliphatic carbocycles. The van der Waals surface area contributed by atoms with E-state index in [1.165, 1.54) is 9.78 Å². The number of hydrogen-bond donors (Lipinski definition) is 2. The number of quaternary nitrogens is 1. The van der Waals surface area contributed by atoms with E-state index in [4.69, 9.17) is 4.74 Å². The van der Waals surface area contributed by atoms with Crippen LogP contribution < -0.4 is 10.2 Å². The Labute approximate surface area is 148 Å². The highest BCUT2D eigenvalue weighted by atomic mass is 79.9. The number of hydrogen-bond acceptors (Lipinski definition) is 3. The smallest absolute Gasteiger partial charge is 0.251 e. The SMILES string of the molecule is O=C(NC[C@@H](c1cccs1)[NH+]1CCOCC1)c1ccc(Br)cc1. The second-order valence-electron chi connectivity index (χ2n) is 5.56. The molecule has 2 heterocycles. The van der Waals surface area contributed by atoms with Crippen LogP contribution in [-0.4, -0.2) is 38.8 Å². The fraction of sp³-hybridized carbons (Fsp3) is 0.353. The maximum Gasteiger partial charge on any atom is 0.251 e. The standard InChI is InChI=1S/C17H19BrN2O2S/c18-14-5-3-13(4-6-14)17(21)19-12-15(16-2-1-11-23-16)20-7-9-22-10-8-20/h1-6,11,15H,7-10,12H2,(H,19,21)/p+1/t15-/m0/s1. The quantitative estimate of drug-likeness (QED) is 0.811. The summed E-state index contributed by atoms with van der Waals surface area (Å²) in [6, 6.07) is 12.0. The Morgan fingerprint density at radius 3 is 2.65 bits per heavy atom. The Hall–Kier alpha value is -1.21. The second-order valence-corrected chi connectivity index (χ2v) is 7.45. The van der Waals surface area contributed by atoms with Gasteiger partial charge in [-0.25, -0.2) is 0 Å². The van der Waals surface area contributed by atoms with Gasteiger partial charge in [0, 0.05) is 10.0 Å². The van der Waals surface area contributed by atoms with Crippen molar-refractivity contribution in [2.24, 2.45) is 0 Å². The molecule has 23 heavy (non-hydrogen) atoms. The molecule has 1 aliphatic rings. The van der Waals surface area contributed by atoms with Crippen LogP contribution in [0, 0.1) is 0 Å². The lowest BCUT2D eigenvalue weighted by Crippen LogP contribution is -3.15. The van der Waals surface area contributed by atoms with Crippen molar-refractivity contribution in [3.63, 3.8) is 0 Å². The van der Waals surface area contributed by atoms with E-state index in [1.54, 1.807) is 11.3 Å². The average molecular weight is 396 g/mol. The van der Waals surface area contributed by atoms with Crippen molar-refractivity contribution in [2.45, 2.75) is 6.04 Å². The minimum absolute atomic E-state index is 0.0216. The Morgan fingerprint density at radius 1 is 1.26 bits per heavy atom. The molecule has 2 aromatic rings. The van der Waals surface area contributed by atoms with Crippen LogP contribution in [0.25, 0.3) is 0 Å². The summed E-state index contributed by atoms with van der Waals surface area (Å²) < 4.78 is 6.44. The maximum absolute atomic E-state index is 12.4. The Morgan fingerprint density at radius 2 is 2.00 bits per heavy atom. The fourth-order valence-corrected chi connectivity index (χ4v) is 3.97. The first-order valence-electron chi connectivity index (χ1n) is 7.73. The van der Waals surface area contributed by atoms with Gasteiger partial charge in [0.15, 0.2) is 0 Å². The summed E-state index contributed by atoms with van der Waals surface area (Å²) in [5, 5.41) is 5.19. The predicted molar refractivity (Wildman–Crippen MR) is 95.1 cm³/mol. The zero-order valence-corrected chi connectivity index (χ0v) is 15.2. The monoisotopic (exact) mass is 395 g/mol. The highest BCUT2D eigenvalue weighted by Gasteiger charge is 2.27. The highest BCUT2D eigenvalue weighted by Crippen LogP contribution is 2.17. The van der Waals surface area contributed by atoms with Crippen molar-refractivity contribution in [3.8, 4) is 0 Å². The maximum atomic E-state index is 12.4. The molecule has 4 nitrogen and oxygen atoms in total. The fourth-order valence-electron chi connectivity index (χ4n) is 2.82. The van der Waals surface area contributed by atoms with E-state index in [1.807, 2.05) is 24.3 Å². The molecule has 0 spiro atoms. The number of rotatable bonds is 5. The van der Waals surface area contributed by atoms with Gasteiger partial charge >= 0.3 is 0 Å². The minimum atomic E-state index is -0.0216. The van der Waals surface area contributed by atoms with Gasteiger partial charge in [-0.05, 0) is 35.7 Å². The van der Waals surface area contributed by atoms with E-state index >= 15 is 0 Å². The molecule has 122 valence electrons. The lowest BCUT2D eigenvalue weighted by Gasteiger charge is -2.31. The molecular weight excluding hydrogens is 376 g/mol. The summed E-state index contributed by atoms with van der Waals surface area (Å²) in [4.78, 5) is 15.2. The number of thiophene rings is 1. The highest BCUT2D eigenvalue weighted by molar-refractivity contribution is 9.10. The lowest BCUT2D eigenvalue weighted by molar-refractivity contribution is -0.937. The first kappa shape index (κ1) is 16.6. The molecule has 1 aromatic carbocycles. The van der Waals surface area contributed by atoms with Gasteiger partial charge in [0.25, 0.3) is 5.91 Å². The molecule has 1 aromatic heterocycles. The van der Waals surface area contributed by atoms with Crippen LogP contribution in [0.2, 0.25) is 0 Å². The van der Waals surface area contributed by atoms with Crippen molar-refractivity contribution in [3.05, 3.63) is 56.7 Å². The number of morpholine rings is 1. The van der Waals surface area contributed by atoms with Gasteiger partial charge in [0.05, 0.1) is 24.6 Å². The molecule has 0 saturated carbocycles.